The molecule has 138 valence electrons. The first kappa shape index (κ1) is 20.7. The number of carbonyl (C=O) groups is 1. The summed E-state index contributed by atoms with van der Waals surface area (Å²) >= 11 is 0. The summed E-state index contributed by atoms with van der Waals surface area (Å²) in [5.41, 5.74) is 11.7. The molecule has 0 bridgehead atoms. The minimum absolute atomic E-state index is 0.102. The highest BCUT2D eigenvalue weighted by Gasteiger charge is 2.17. The van der Waals surface area contributed by atoms with Gasteiger partial charge in [-0.1, -0.05) is 12.1 Å². The predicted octanol–water partition coefficient (Wildman–Crippen LogP) is 0.827. The van der Waals surface area contributed by atoms with Crippen LogP contribution in [0.4, 0.5) is 0 Å². The normalized spacial score (nSPS) is 10.2. The fraction of sp³-hybridized carbons (Fsp3) is 0.188. The van der Waals surface area contributed by atoms with Crippen LogP contribution in [0.1, 0.15) is 21.6 Å². The van der Waals surface area contributed by atoms with E-state index in [4.69, 9.17) is 5.41 Å². The molecular formula is C16H19N5O4S. The van der Waals surface area contributed by atoms with Crippen LogP contribution in [0.5, 0.6) is 0 Å². The number of nitrogens with zero attached hydrogens (tertiary/aromatic N) is 2. The second kappa shape index (κ2) is 8.17. The Morgan fingerprint density at radius 3 is 2.38 bits per heavy atom. The molecule has 0 saturated carbocycles. The van der Waals surface area contributed by atoms with E-state index in [1.54, 1.807) is 18.2 Å². The highest BCUT2D eigenvalue weighted by Crippen LogP contribution is 2.27. The summed E-state index contributed by atoms with van der Waals surface area (Å²) in [6, 6.07) is 10.2. The van der Waals surface area contributed by atoms with E-state index in [-0.39, 0.29) is 11.5 Å². The summed E-state index contributed by atoms with van der Waals surface area (Å²) in [6.45, 7) is 1.87. The summed E-state index contributed by atoms with van der Waals surface area (Å²) in [7, 11) is -2.06. The van der Waals surface area contributed by atoms with Crippen LogP contribution in [-0.4, -0.2) is 31.2 Å². The number of hydrogen-bond acceptors (Lipinski definition) is 6. The summed E-state index contributed by atoms with van der Waals surface area (Å²) in [6.07, 6.45) is 0.809. The number of nitriles is 1. The summed E-state index contributed by atoms with van der Waals surface area (Å²) in [5.74, 6) is -1.28. The molecule has 0 fully saturated rings. The van der Waals surface area contributed by atoms with Crippen LogP contribution in [0.2, 0.25) is 0 Å². The maximum Gasteiger partial charge on any atom is 0.353 e. The van der Waals surface area contributed by atoms with E-state index in [9.17, 15) is 18.5 Å². The largest absolute Gasteiger partial charge is 0.370 e. The van der Waals surface area contributed by atoms with Gasteiger partial charge in [0.1, 0.15) is 6.07 Å². The van der Waals surface area contributed by atoms with Crippen LogP contribution in [0.3, 0.4) is 0 Å². The molecule has 26 heavy (non-hydrogen) atoms. The van der Waals surface area contributed by atoms with Crippen LogP contribution in [0.15, 0.2) is 30.3 Å². The van der Waals surface area contributed by atoms with Crippen LogP contribution in [0, 0.1) is 23.7 Å². The quantitative estimate of drug-likeness (QED) is 0.404. The molecule has 1 heterocycles. The Kier molecular flexibility index (Phi) is 6.52. The van der Waals surface area contributed by atoms with Crippen molar-refractivity contribution in [3.8, 4) is 17.3 Å². The first-order valence-corrected chi connectivity index (χ1v) is 8.98. The molecular weight excluding hydrogens is 358 g/mol. The van der Waals surface area contributed by atoms with Crippen molar-refractivity contribution in [2.45, 2.75) is 6.92 Å². The fourth-order valence-electron chi connectivity index (χ4n) is 2.14. The van der Waals surface area contributed by atoms with Crippen molar-refractivity contribution in [3.05, 3.63) is 47.2 Å². The monoisotopic (exact) mass is 377 g/mol. The van der Waals surface area contributed by atoms with Crippen molar-refractivity contribution in [2.24, 2.45) is 18.5 Å². The van der Waals surface area contributed by atoms with Crippen molar-refractivity contribution in [3.63, 3.8) is 0 Å². The molecule has 0 spiro atoms. The molecule has 0 aliphatic heterocycles. The van der Waals surface area contributed by atoms with Gasteiger partial charge in [0.05, 0.1) is 23.1 Å². The molecule has 0 aliphatic rings. The van der Waals surface area contributed by atoms with Crippen molar-refractivity contribution in [1.29, 1.82) is 10.7 Å². The second-order valence-electron chi connectivity index (χ2n) is 5.33. The zero-order valence-electron chi connectivity index (χ0n) is 14.5. The molecule has 2 aromatic rings. The van der Waals surface area contributed by atoms with E-state index in [1.165, 1.54) is 12.1 Å². The van der Waals surface area contributed by atoms with E-state index in [2.05, 4.69) is 21.7 Å². The summed E-state index contributed by atoms with van der Waals surface area (Å²) < 4.78 is 28.3. The van der Waals surface area contributed by atoms with Crippen LogP contribution < -0.4 is 11.5 Å². The lowest BCUT2D eigenvalue weighted by Gasteiger charge is -2.08. The number of carbonyl (C=O) groups excluding carboxylic acids is 1. The number of rotatable bonds is 3. The Balaban J connectivity index is 0.000000765. The van der Waals surface area contributed by atoms with Gasteiger partial charge in [0.2, 0.25) is 0 Å². The van der Waals surface area contributed by atoms with Gasteiger partial charge in [-0.05, 0) is 25.1 Å². The summed E-state index contributed by atoms with van der Waals surface area (Å²) in [4.78, 5) is 11.8. The van der Waals surface area contributed by atoms with Gasteiger partial charge in [0.15, 0.2) is 5.96 Å². The Labute approximate surface area is 151 Å². The number of benzene rings is 1. The number of aromatic nitrogens is 1. The van der Waals surface area contributed by atoms with Gasteiger partial charge in [-0.2, -0.15) is 13.7 Å². The lowest BCUT2D eigenvalue weighted by molar-refractivity contribution is 0.0748. The lowest BCUT2D eigenvalue weighted by atomic mass is 10.1. The molecule has 10 heteroatoms. The number of aryl methyl sites for hydroxylation is 1. The standard InChI is InChI=1S/C15H14N2O4S.CH5N3/c1-10-7-13(9-16)14(17(10)2)11-5-4-6-12(8-11)15(18)21-22(3,19)20;2-1(3)4/h4-8H,1-3H3;(H5,2,3,4). The molecule has 2 rings (SSSR count). The Morgan fingerprint density at radius 1 is 1.31 bits per heavy atom. The van der Waals surface area contributed by atoms with Gasteiger partial charge >= 0.3 is 16.1 Å². The Hall–Kier alpha value is -3.32. The maximum atomic E-state index is 11.8. The van der Waals surface area contributed by atoms with Gasteiger partial charge in [-0.3, -0.25) is 5.41 Å². The molecule has 0 amide bonds. The smallest absolute Gasteiger partial charge is 0.353 e. The first-order chi connectivity index (χ1) is 12.0. The average molecular weight is 377 g/mol. The van der Waals surface area contributed by atoms with Crippen LogP contribution >= 0.6 is 0 Å². The maximum absolute atomic E-state index is 11.8. The van der Waals surface area contributed by atoms with Gasteiger partial charge in [0, 0.05) is 18.3 Å². The molecule has 0 unspecified atom stereocenters. The van der Waals surface area contributed by atoms with Gasteiger partial charge in [-0.25, -0.2) is 4.79 Å². The van der Waals surface area contributed by atoms with Crippen LogP contribution in [-0.2, 0) is 21.3 Å². The van der Waals surface area contributed by atoms with Crippen molar-refractivity contribution in [1.82, 2.24) is 4.57 Å². The molecule has 1 aromatic carbocycles. The lowest BCUT2D eigenvalue weighted by Crippen LogP contribution is -2.20. The van der Waals surface area contributed by atoms with E-state index < -0.39 is 16.1 Å². The number of hydrogen-bond donors (Lipinski definition) is 3. The molecule has 0 atom stereocenters. The fourth-order valence-corrected chi connectivity index (χ4v) is 2.52. The topological polar surface area (TPSA) is 165 Å². The molecule has 5 N–H and O–H groups in total. The third kappa shape index (κ3) is 5.64. The minimum Gasteiger partial charge on any atom is -0.370 e. The van der Waals surface area contributed by atoms with Crippen LogP contribution in [0.25, 0.3) is 11.3 Å². The average Bonchev–Trinajstić information content (AvgIpc) is 2.80. The molecule has 1 aromatic heterocycles. The van der Waals surface area contributed by atoms with Crippen molar-refractivity contribution >= 4 is 22.0 Å². The Bertz CT molecular complexity index is 983. The number of nitrogens with two attached hydrogens (primary N) is 2. The SMILES string of the molecule is Cc1cc(C#N)c(-c2cccc(C(=O)OS(C)(=O)=O)c2)n1C.N=C(N)N. The highest BCUT2D eigenvalue weighted by atomic mass is 32.2. The second-order valence-corrected chi connectivity index (χ2v) is 6.90. The van der Waals surface area contributed by atoms with E-state index in [1.807, 2.05) is 18.5 Å². The predicted molar refractivity (Wildman–Crippen MR) is 96.7 cm³/mol. The van der Waals surface area contributed by atoms with E-state index in [0.717, 1.165) is 11.9 Å². The summed E-state index contributed by atoms with van der Waals surface area (Å²) in [5, 5.41) is 15.3. The third-order valence-corrected chi connectivity index (χ3v) is 3.65. The highest BCUT2D eigenvalue weighted by molar-refractivity contribution is 7.86. The van der Waals surface area contributed by atoms with Gasteiger partial charge < -0.3 is 20.2 Å². The first-order valence-electron chi connectivity index (χ1n) is 7.16. The minimum atomic E-state index is -3.87. The van der Waals surface area contributed by atoms with E-state index >= 15 is 0 Å². The van der Waals surface area contributed by atoms with Crippen molar-refractivity contribution in [2.75, 3.05) is 6.26 Å². The third-order valence-electron chi connectivity index (χ3n) is 3.19. The Morgan fingerprint density at radius 2 is 1.88 bits per heavy atom. The molecule has 0 aliphatic carbocycles. The zero-order chi connectivity index (χ0) is 20.1. The molecule has 9 nitrogen and oxygen atoms in total. The number of nitrogens with one attached hydrogen (secondary N) is 1. The van der Waals surface area contributed by atoms with Gasteiger partial charge in [-0.15, -0.1) is 0 Å². The van der Waals surface area contributed by atoms with Crippen molar-refractivity contribution < 1.29 is 17.4 Å². The van der Waals surface area contributed by atoms with E-state index in [0.29, 0.717) is 16.8 Å². The molecule has 0 radical (unpaired) electrons. The zero-order valence-corrected chi connectivity index (χ0v) is 15.3. The van der Waals surface area contributed by atoms with Gasteiger partial charge in [0.25, 0.3) is 0 Å². The molecule has 0 saturated heterocycles. The number of guanidine groups is 1.